The molecule has 0 bridgehead atoms. The zero-order valence-corrected chi connectivity index (χ0v) is 13.0. The van der Waals surface area contributed by atoms with Gasteiger partial charge in [-0.2, -0.15) is 0 Å². The van der Waals surface area contributed by atoms with E-state index in [1.165, 1.54) is 0 Å². The van der Waals surface area contributed by atoms with Gasteiger partial charge >= 0.3 is 5.97 Å². The van der Waals surface area contributed by atoms with E-state index in [1.54, 1.807) is 0 Å². The summed E-state index contributed by atoms with van der Waals surface area (Å²) in [5, 5.41) is 8.86. The first-order valence-corrected chi connectivity index (χ1v) is 6.88. The molecular weight excluding hydrogens is 350 g/mol. The molecule has 0 saturated carbocycles. The Bertz CT molecular complexity index is 387. The van der Waals surface area contributed by atoms with Gasteiger partial charge in [0.05, 0.1) is 6.54 Å². The molecule has 1 N–H and O–H groups in total. The Labute approximate surface area is 118 Å². The summed E-state index contributed by atoms with van der Waals surface area (Å²) in [4.78, 5) is 12.7. The fourth-order valence-electron chi connectivity index (χ4n) is 1.53. The van der Waals surface area contributed by atoms with Crippen molar-refractivity contribution < 1.29 is 9.90 Å². The highest BCUT2D eigenvalue weighted by Crippen LogP contribution is 2.21. The molecule has 0 aliphatic rings. The maximum absolute atomic E-state index is 10.8. The third kappa shape index (κ3) is 5.19. The molecule has 1 rings (SSSR count). The molecule has 1 aromatic rings. The summed E-state index contributed by atoms with van der Waals surface area (Å²) in [6.45, 7) is 4.68. The minimum absolute atomic E-state index is 0.0573. The minimum Gasteiger partial charge on any atom is -0.480 e. The average molecular weight is 365 g/mol. The minimum atomic E-state index is -0.798. The summed E-state index contributed by atoms with van der Waals surface area (Å²) < 4.78 is 1.97. The topological polar surface area (TPSA) is 40.5 Å². The molecule has 0 atom stereocenters. The lowest BCUT2D eigenvalue weighted by Crippen LogP contribution is -2.35. The number of benzene rings is 1. The number of rotatable bonds is 5. The molecule has 0 radical (unpaired) electrons. The van der Waals surface area contributed by atoms with Gasteiger partial charge in [0, 0.05) is 21.5 Å². The van der Waals surface area contributed by atoms with E-state index in [0.717, 1.165) is 14.5 Å². The van der Waals surface area contributed by atoms with Gasteiger partial charge < -0.3 is 5.11 Å². The van der Waals surface area contributed by atoms with Crippen LogP contribution in [-0.4, -0.2) is 28.6 Å². The van der Waals surface area contributed by atoms with Crippen LogP contribution in [0.1, 0.15) is 19.4 Å². The normalized spacial score (nSPS) is 11.2. The molecule has 0 amide bonds. The SMILES string of the molecule is CC(C)N(CC(=O)O)Cc1cc(Br)cc(Br)c1. The first-order chi connectivity index (χ1) is 7.88. The summed E-state index contributed by atoms with van der Waals surface area (Å²) in [7, 11) is 0. The van der Waals surface area contributed by atoms with Crippen molar-refractivity contribution >= 4 is 37.8 Å². The Morgan fingerprint density at radius 1 is 1.29 bits per heavy atom. The van der Waals surface area contributed by atoms with Gasteiger partial charge in [-0.05, 0) is 37.6 Å². The van der Waals surface area contributed by atoms with Crippen molar-refractivity contribution in [2.75, 3.05) is 6.54 Å². The van der Waals surface area contributed by atoms with Crippen molar-refractivity contribution in [3.8, 4) is 0 Å². The monoisotopic (exact) mass is 363 g/mol. The summed E-state index contributed by atoms with van der Waals surface area (Å²) in [5.74, 6) is -0.798. The standard InChI is InChI=1S/C12H15Br2NO2/c1-8(2)15(7-12(16)17)6-9-3-10(13)5-11(14)4-9/h3-5,8H,6-7H2,1-2H3,(H,16,17). The van der Waals surface area contributed by atoms with Crippen molar-refractivity contribution in [2.45, 2.75) is 26.4 Å². The van der Waals surface area contributed by atoms with Crippen LogP contribution in [0.5, 0.6) is 0 Å². The highest BCUT2D eigenvalue weighted by Gasteiger charge is 2.14. The molecule has 0 saturated heterocycles. The lowest BCUT2D eigenvalue weighted by atomic mass is 10.2. The Morgan fingerprint density at radius 2 is 1.82 bits per heavy atom. The van der Waals surface area contributed by atoms with Gasteiger partial charge in [-0.25, -0.2) is 0 Å². The highest BCUT2D eigenvalue weighted by atomic mass is 79.9. The average Bonchev–Trinajstić information content (AvgIpc) is 2.13. The molecule has 5 heteroatoms. The van der Waals surface area contributed by atoms with Crippen LogP contribution >= 0.6 is 31.9 Å². The summed E-state index contributed by atoms with van der Waals surface area (Å²) in [6.07, 6.45) is 0. The van der Waals surface area contributed by atoms with Crippen LogP contribution in [0.2, 0.25) is 0 Å². The van der Waals surface area contributed by atoms with Crippen molar-refractivity contribution in [1.29, 1.82) is 0 Å². The summed E-state index contributed by atoms with van der Waals surface area (Å²) in [5.41, 5.74) is 1.08. The number of aliphatic carboxylic acids is 1. The molecule has 0 unspecified atom stereocenters. The molecule has 1 aromatic carbocycles. The van der Waals surface area contributed by atoms with Gasteiger partial charge in [0.1, 0.15) is 0 Å². The van der Waals surface area contributed by atoms with Crippen LogP contribution in [0, 0.1) is 0 Å². The first-order valence-electron chi connectivity index (χ1n) is 5.29. The van der Waals surface area contributed by atoms with Gasteiger partial charge in [-0.1, -0.05) is 31.9 Å². The van der Waals surface area contributed by atoms with Crippen LogP contribution < -0.4 is 0 Å². The van der Waals surface area contributed by atoms with E-state index >= 15 is 0 Å². The van der Waals surface area contributed by atoms with Crippen LogP contribution in [0.3, 0.4) is 0 Å². The molecule has 0 fully saturated rings. The summed E-state index contributed by atoms with van der Waals surface area (Å²) in [6, 6.07) is 6.16. The van der Waals surface area contributed by atoms with Gasteiger partial charge in [0.15, 0.2) is 0 Å². The van der Waals surface area contributed by atoms with Crippen molar-refractivity contribution in [3.63, 3.8) is 0 Å². The largest absolute Gasteiger partial charge is 0.480 e. The number of halogens is 2. The second-order valence-corrected chi connectivity index (χ2v) is 6.00. The second-order valence-electron chi connectivity index (χ2n) is 4.17. The number of carboxylic acids is 1. The Kier molecular flexibility index (Phi) is 5.62. The van der Waals surface area contributed by atoms with E-state index in [4.69, 9.17) is 5.11 Å². The maximum atomic E-state index is 10.8. The molecule has 0 spiro atoms. The Hall–Kier alpha value is -0.390. The van der Waals surface area contributed by atoms with Crippen molar-refractivity contribution in [1.82, 2.24) is 4.90 Å². The van der Waals surface area contributed by atoms with E-state index < -0.39 is 5.97 Å². The molecule has 0 aliphatic heterocycles. The van der Waals surface area contributed by atoms with Crippen LogP contribution in [0.25, 0.3) is 0 Å². The lowest BCUT2D eigenvalue weighted by Gasteiger charge is -2.24. The van der Waals surface area contributed by atoms with E-state index in [1.807, 2.05) is 36.9 Å². The van der Waals surface area contributed by atoms with E-state index in [0.29, 0.717) is 6.54 Å². The third-order valence-corrected chi connectivity index (χ3v) is 3.29. The molecule has 3 nitrogen and oxygen atoms in total. The van der Waals surface area contributed by atoms with E-state index in [-0.39, 0.29) is 12.6 Å². The van der Waals surface area contributed by atoms with Crippen molar-refractivity contribution in [3.05, 3.63) is 32.7 Å². The van der Waals surface area contributed by atoms with Crippen LogP contribution in [-0.2, 0) is 11.3 Å². The summed E-state index contributed by atoms with van der Waals surface area (Å²) >= 11 is 6.85. The number of nitrogens with zero attached hydrogens (tertiary/aromatic N) is 1. The van der Waals surface area contributed by atoms with Gasteiger partial charge in [-0.3, -0.25) is 9.69 Å². The van der Waals surface area contributed by atoms with E-state index in [2.05, 4.69) is 31.9 Å². The fourth-order valence-corrected chi connectivity index (χ4v) is 2.92. The lowest BCUT2D eigenvalue weighted by molar-refractivity contribution is -0.138. The predicted molar refractivity (Wildman–Crippen MR) is 75.0 cm³/mol. The number of carbonyl (C=O) groups is 1. The molecule has 0 heterocycles. The van der Waals surface area contributed by atoms with Gasteiger partial charge in [-0.15, -0.1) is 0 Å². The molecule has 94 valence electrons. The smallest absolute Gasteiger partial charge is 0.317 e. The fraction of sp³-hybridized carbons (Fsp3) is 0.417. The molecule has 0 aliphatic carbocycles. The number of hydrogen-bond donors (Lipinski definition) is 1. The zero-order valence-electron chi connectivity index (χ0n) is 9.78. The molecule has 17 heavy (non-hydrogen) atoms. The third-order valence-electron chi connectivity index (χ3n) is 2.38. The molecular formula is C12H15Br2NO2. The predicted octanol–water partition coefficient (Wildman–Crippen LogP) is 3.51. The van der Waals surface area contributed by atoms with Crippen LogP contribution in [0.4, 0.5) is 0 Å². The van der Waals surface area contributed by atoms with E-state index in [9.17, 15) is 4.79 Å². The van der Waals surface area contributed by atoms with Gasteiger partial charge in [0.25, 0.3) is 0 Å². The van der Waals surface area contributed by atoms with Crippen LogP contribution in [0.15, 0.2) is 27.1 Å². The zero-order chi connectivity index (χ0) is 13.0. The Morgan fingerprint density at radius 3 is 2.24 bits per heavy atom. The number of hydrogen-bond acceptors (Lipinski definition) is 2. The number of carboxylic acid groups (broad SMARTS) is 1. The maximum Gasteiger partial charge on any atom is 0.317 e. The second kappa shape index (κ2) is 6.52. The Balaban J connectivity index is 2.81. The highest BCUT2D eigenvalue weighted by molar-refractivity contribution is 9.11. The van der Waals surface area contributed by atoms with Gasteiger partial charge in [0.2, 0.25) is 0 Å². The first kappa shape index (κ1) is 14.7. The van der Waals surface area contributed by atoms with Crippen molar-refractivity contribution in [2.24, 2.45) is 0 Å². The molecule has 0 aromatic heterocycles. The quantitative estimate of drug-likeness (QED) is 0.869.